The lowest BCUT2D eigenvalue weighted by Gasteiger charge is -2.38. The van der Waals surface area contributed by atoms with Gasteiger partial charge in [0.1, 0.15) is 0 Å². The standard InChI is InChI=1S/C26H24Cl2N2O2S/c1-15-6-3-7-16(2)25(15)30-33(31,32)17-12-13-23-20(14-17)18-8-4-9-19(18)26(29-23)24-21(27)10-5-11-22(24)28/h3-8,10-14,18-19,26,29-30H,9H2,1-2H3/t18-,19+,26-/m0/s1. The average Bonchev–Trinajstić information content (AvgIpc) is 3.26. The topological polar surface area (TPSA) is 58.2 Å². The van der Waals surface area contributed by atoms with E-state index in [0.29, 0.717) is 15.7 Å². The van der Waals surface area contributed by atoms with E-state index >= 15 is 0 Å². The first kappa shape index (κ1) is 22.3. The number of fused-ring (bicyclic) bond motifs is 3. The van der Waals surface area contributed by atoms with Crippen molar-refractivity contribution in [1.29, 1.82) is 0 Å². The second-order valence-electron chi connectivity index (χ2n) is 8.73. The van der Waals surface area contributed by atoms with Gasteiger partial charge in [-0.05, 0) is 73.2 Å². The number of halogens is 2. The van der Waals surface area contributed by atoms with Gasteiger partial charge >= 0.3 is 0 Å². The summed E-state index contributed by atoms with van der Waals surface area (Å²) < 4.78 is 29.3. The molecule has 3 aromatic rings. The molecule has 170 valence electrons. The third-order valence-electron chi connectivity index (χ3n) is 6.67. The predicted octanol–water partition coefficient (Wildman–Crippen LogP) is 7.24. The summed E-state index contributed by atoms with van der Waals surface area (Å²) in [6.45, 7) is 3.80. The molecule has 0 saturated carbocycles. The van der Waals surface area contributed by atoms with E-state index in [2.05, 4.69) is 22.2 Å². The van der Waals surface area contributed by atoms with Gasteiger partial charge in [0.05, 0.1) is 16.6 Å². The molecule has 7 heteroatoms. The Hall–Kier alpha value is -2.47. The highest BCUT2D eigenvalue weighted by Crippen LogP contribution is 2.52. The minimum Gasteiger partial charge on any atom is -0.378 e. The third kappa shape index (κ3) is 3.92. The number of anilines is 2. The van der Waals surface area contributed by atoms with Gasteiger partial charge in [0.2, 0.25) is 0 Å². The molecule has 3 aromatic carbocycles. The summed E-state index contributed by atoms with van der Waals surface area (Å²) in [6, 6.07) is 16.5. The molecule has 2 N–H and O–H groups in total. The molecule has 0 radical (unpaired) electrons. The van der Waals surface area contributed by atoms with Crippen LogP contribution in [0.4, 0.5) is 11.4 Å². The highest BCUT2D eigenvalue weighted by molar-refractivity contribution is 7.92. The van der Waals surface area contributed by atoms with Crippen LogP contribution < -0.4 is 10.0 Å². The van der Waals surface area contributed by atoms with Crippen molar-refractivity contribution in [2.45, 2.75) is 37.1 Å². The van der Waals surface area contributed by atoms with Gasteiger partial charge in [-0.2, -0.15) is 0 Å². The Morgan fingerprint density at radius 3 is 2.33 bits per heavy atom. The molecule has 0 bridgehead atoms. The van der Waals surface area contributed by atoms with Crippen LogP contribution in [0.2, 0.25) is 10.0 Å². The highest BCUT2D eigenvalue weighted by Gasteiger charge is 2.40. The van der Waals surface area contributed by atoms with Gasteiger partial charge in [-0.1, -0.05) is 59.6 Å². The van der Waals surface area contributed by atoms with Crippen LogP contribution in [0.3, 0.4) is 0 Å². The van der Waals surface area contributed by atoms with Crippen molar-refractivity contribution in [3.05, 3.63) is 99.0 Å². The maximum Gasteiger partial charge on any atom is 0.261 e. The second kappa shape index (κ2) is 8.39. The molecule has 5 rings (SSSR count). The highest BCUT2D eigenvalue weighted by atomic mass is 35.5. The third-order valence-corrected chi connectivity index (χ3v) is 8.68. The van der Waals surface area contributed by atoms with E-state index in [0.717, 1.165) is 34.4 Å². The maximum atomic E-state index is 13.3. The van der Waals surface area contributed by atoms with Crippen molar-refractivity contribution in [2.75, 3.05) is 10.0 Å². The monoisotopic (exact) mass is 498 g/mol. The van der Waals surface area contributed by atoms with Crippen LogP contribution in [0.25, 0.3) is 0 Å². The Morgan fingerprint density at radius 1 is 0.970 bits per heavy atom. The smallest absolute Gasteiger partial charge is 0.261 e. The molecule has 3 atom stereocenters. The van der Waals surface area contributed by atoms with Crippen LogP contribution in [0, 0.1) is 19.8 Å². The lowest BCUT2D eigenvalue weighted by Crippen LogP contribution is -2.30. The van der Waals surface area contributed by atoms with Gasteiger partial charge in [0, 0.05) is 27.2 Å². The lowest BCUT2D eigenvalue weighted by atomic mass is 9.77. The van der Waals surface area contributed by atoms with Crippen LogP contribution in [0.1, 0.15) is 40.6 Å². The molecule has 1 aliphatic heterocycles. The van der Waals surface area contributed by atoms with Crippen molar-refractivity contribution in [1.82, 2.24) is 0 Å². The SMILES string of the molecule is Cc1cccc(C)c1NS(=O)(=O)c1ccc2c(c1)[C@H]1C=CC[C@H]1[C@@H](c1c(Cl)cccc1Cl)N2. The fraction of sp³-hybridized carbons (Fsp3) is 0.231. The molecule has 0 unspecified atom stereocenters. The quantitative estimate of drug-likeness (QED) is 0.372. The van der Waals surface area contributed by atoms with Crippen LogP contribution in [0.5, 0.6) is 0 Å². The first-order chi connectivity index (χ1) is 15.8. The van der Waals surface area contributed by atoms with E-state index in [1.54, 1.807) is 12.1 Å². The van der Waals surface area contributed by atoms with Gasteiger partial charge in [-0.3, -0.25) is 4.72 Å². The van der Waals surface area contributed by atoms with Crippen molar-refractivity contribution < 1.29 is 8.42 Å². The Balaban J connectivity index is 1.53. The number of sulfonamides is 1. The van der Waals surface area contributed by atoms with Crippen molar-refractivity contribution >= 4 is 44.6 Å². The number of aryl methyl sites for hydroxylation is 2. The molecule has 1 aliphatic carbocycles. The first-order valence-electron chi connectivity index (χ1n) is 10.9. The molecule has 0 aromatic heterocycles. The second-order valence-corrected chi connectivity index (χ2v) is 11.2. The number of rotatable bonds is 4. The van der Waals surface area contributed by atoms with Crippen LogP contribution in [0.15, 0.2) is 71.6 Å². The molecular formula is C26H24Cl2N2O2S. The van der Waals surface area contributed by atoms with Gasteiger partial charge in [0.15, 0.2) is 0 Å². The van der Waals surface area contributed by atoms with E-state index in [1.807, 2.05) is 56.3 Å². The average molecular weight is 499 g/mol. The Labute approximate surface area is 204 Å². The van der Waals surface area contributed by atoms with Crippen LogP contribution >= 0.6 is 23.2 Å². The Morgan fingerprint density at radius 2 is 1.64 bits per heavy atom. The molecule has 33 heavy (non-hydrogen) atoms. The van der Waals surface area contributed by atoms with Gasteiger partial charge < -0.3 is 5.32 Å². The number of hydrogen-bond acceptors (Lipinski definition) is 3. The number of nitrogens with one attached hydrogen (secondary N) is 2. The summed E-state index contributed by atoms with van der Waals surface area (Å²) in [5.41, 5.74) is 5.15. The normalized spacial score (nSPS) is 21.3. The minimum atomic E-state index is -3.74. The fourth-order valence-corrected chi connectivity index (χ4v) is 6.87. The number of allylic oxidation sites excluding steroid dienone is 2. The van der Waals surface area contributed by atoms with Crippen molar-refractivity contribution in [3.63, 3.8) is 0 Å². The minimum absolute atomic E-state index is 0.0612. The molecule has 0 amide bonds. The van der Waals surface area contributed by atoms with Gasteiger partial charge in [-0.25, -0.2) is 8.42 Å². The van der Waals surface area contributed by atoms with E-state index in [-0.39, 0.29) is 22.8 Å². The zero-order valence-corrected chi connectivity index (χ0v) is 20.6. The molecule has 4 nitrogen and oxygen atoms in total. The summed E-state index contributed by atoms with van der Waals surface area (Å²) in [5.74, 6) is 0.272. The summed E-state index contributed by atoms with van der Waals surface area (Å²) in [5, 5.41) is 4.85. The van der Waals surface area contributed by atoms with E-state index in [1.165, 1.54) is 0 Å². The summed E-state index contributed by atoms with van der Waals surface area (Å²) >= 11 is 13.1. The summed E-state index contributed by atoms with van der Waals surface area (Å²) in [4.78, 5) is 0.249. The number of para-hydroxylation sites is 1. The fourth-order valence-electron chi connectivity index (χ4n) is 5.00. The van der Waals surface area contributed by atoms with Crippen molar-refractivity contribution in [3.8, 4) is 0 Å². The first-order valence-corrected chi connectivity index (χ1v) is 13.1. The Kier molecular flexibility index (Phi) is 5.68. The maximum absolute atomic E-state index is 13.3. The lowest BCUT2D eigenvalue weighted by molar-refractivity contribution is 0.425. The van der Waals surface area contributed by atoms with Crippen LogP contribution in [-0.4, -0.2) is 8.42 Å². The van der Waals surface area contributed by atoms with E-state index < -0.39 is 10.0 Å². The Bertz CT molecular complexity index is 1340. The summed E-state index contributed by atoms with van der Waals surface area (Å²) in [6.07, 6.45) is 5.18. The number of benzene rings is 3. The predicted molar refractivity (Wildman–Crippen MR) is 136 cm³/mol. The van der Waals surface area contributed by atoms with Crippen molar-refractivity contribution in [2.24, 2.45) is 5.92 Å². The largest absolute Gasteiger partial charge is 0.378 e. The molecule has 2 aliphatic rings. The number of hydrogen-bond donors (Lipinski definition) is 2. The van der Waals surface area contributed by atoms with Gasteiger partial charge in [-0.15, -0.1) is 0 Å². The molecule has 0 spiro atoms. The zero-order valence-electron chi connectivity index (χ0n) is 18.3. The summed E-state index contributed by atoms with van der Waals surface area (Å²) in [7, 11) is -3.74. The van der Waals surface area contributed by atoms with Gasteiger partial charge in [0.25, 0.3) is 10.0 Å². The molecule has 0 fully saturated rings. The zero-order chi connectivity index (χ0) is 23.3. The molecule has 1 heterocycles. The van der Waals surface area contributed by atoms with Crippen LogP contribution in [-0.2, 0) is 10.0 Å². The van der Waals surface area contributed by atoms with E-state index in [4.69, 9.17) is 23.2 Å². The molecular weight excluding hydrogens is 475 g/mol. The molecule has 0 saturated heterocycles. The van der Waals surface area contributed by atoms with E-state index in [9.17, 15) is 8.42 Å².